The van der Waals surface area contributed by atoms with Gasteiger partial charge in [-0.25, -0.2) is 0 Å². The predicted molar refractivity (Wildman–Crippen MR) is 91.9 cm³/mol. The number of ether oxygens (including phenoxy) is 2. The summed E-state index contributed by atoms with van der Waals surface area (Å²) in [6.45, 7) is 2.34. The molecule has 2 aromatic rings. The van der Waals surface area contributed by atoms with Crippen molar-refractivity contribution >= 4 is 0 Å². The van der Waals surface area contributed by atoms with E-state index in [2.05, 4.69) is 41.4 Å². The maximum Gasteiger partial charge on any atom is 0.119 e. The Morgan fingerprint density at radius 1 is 0.957 bits per heavy atom. The van der Waals surface area contributed by atoms with Crippen LogP contribution in [0.15, 0.2) is 78.7 Å². The number of methoxy groups -OCH3 is 1. The van der Waals surface area contributed by atoms with Crippen LogP contribution >= 0.6 is 0 Å². The lowest BCUT2D eigenvalue weighted by atomic mass is 10.2. The number of nitrogens with zero attached hydrogens (tertiary/aromatic N) is 1. The van der Waals surface area contributed by atoms with Gasteiger partial charge >= 0.3 is 0 Å². The van der Waals surface area contributed by atoms with Gasteiger partial charge in [0.05, 0.1) is 7.11 Å². The van der Waals surface area contributed by atoms with Crippen LogP contribution in [0.3, 0.4) is 0 Å². The molecule has 0 amide bonds. The summed E-state index contributed by atoms with van der Waals surface area (Å²) in [7, 11) is 1.68. The van der Waals surface area contributed by atoms with Crippen LogP contribution in [-0.4, -0.2) is 18.6 Å². The molecule has 1 aliphatic rings. The highest BCUT2D eigenvalue weighted by atomic mass is 16.5. The predicted octanol–water partition coefficient (Wildman–Crippen LogP) is 4.13. The topological polar surface area (TPSA) is 21.7 Å². The van der Waals surface area contributed by atoms with E-state index in [1.165, 1.54) is 11.1 Å². The van der Waals surface area contributed by atoms with Gasteiger partial charge in [0.1, 0.15) is 18.1 Å². The molecular formula is C20H21NO2. The van der Waals surface area contributed by atoms with E-state index in [9.17, 15) is 0 Å². The maximum atomic E-state index is 5.83. The van der Waals surface area contributed by atoms with E-state index in [1.54, 1.807) is 7.11 Å². The van der Waals surface area contributed by atoms with Crippen molar-refractivity contribution in [3.63, 3.8) is 0 Å². The van der Waals surface area contributed by atoms with Crippen LogP contribution in [0.25, 0.3) is 0 Å². The van der Waals surface area contributed by atoms with Gasteiger partial charge in [0.2, 0.25) is 0 Å². The van der Waals surface area contributed by atoms with Gasteiger partial charge in [-0.3, -0.25) is 0 Å². The molecule has 0 saturated carbocycles. The molecule has 0 aliphatic carbocycles. The van der Waals surface area contributed by atoms with Gasteiger partial charge in [-0.2, -0.15) is 0 Å². The molecule has 2 aromatic carbocycles. The van der Waals surface area contributed by atoms with Crippen molar-refractivity contribution in [2.75, 3.05) is 13.7 Å². The second-order valence-electron chi connectivity index (χ2n) is 5.47. The number of rotatable bonds is 6. The van der Waals surface area contributed by atoms with Crippen LogP contribution in [0.4, 0.5) is 0 Å². The van der Waals surface area contributed by atoms with Crippen molar-refractivity contribution in [1.29, 1.82) is 0 Å². The molecule has 1 heterocycles. The molecule has 0 saturated heterocycles. The Bertz CT molecular complexity index is 675. The Labute approximate surface area is 137 Å². The number of hydrogen-bond acceptors (Lipinski definition) is 3. The van der Waals surface area contributed by atoms with Crippen molar-refractivity contribution < 1.29 is 9.47 Å². The van der Waals surface area contributed by atoms with Crippen LogP contribution in [0.5, 0.6) is 5.75 Å². The zero-order valence-corrected chi connectivity index (χ0v) is 13.3. The van der Waals surface area contributed by atoms with Gasteiger partial charge in [0, 0.05) is 19.3 Å². The molecule has 3 heteroatoms. The molecule has 23 heavy (non-hydrogen) atoms. The molecule has 118 valence electrons. The Morgan fingerprint density at radius 3 is 2.39 bits per heavy atom. The number of benzene rings is 2. The SMILES string of the molecule is COc1ccc(CN2C=CC(OCc3ccccc3)=CC2)cc1. The van der Waals surface area contributed by atoms with Crippen molar-refractivity contribution in [1.82, 2.24) is 4.90 Å². The molecule has 0 bridgehead atoms. The van der Waals surface area contributed by atoms with Gasteiger partial charge in [-0.1, -0.05) is 42.5 Å². The Kier molecular flexibility index (Phi) is 4.99. The fourth-order valence-corrected chi connectivity index (χ4v) is 2.45. The van der Waals surface area contributed by atoms with Crippen molar-refractivity contribution in [3.05, 3.63) is 89.8 Å². The van der Waals surface area contributed by atoms with Crippen LogP contribution in [0, 0.1) is 0 Å². The third kappa shape index (κ3) is 4.39. The molecule has 0 spiro atoms. The van der Waals surface area contributed by atoms with Gasteiger partial charge in [-0.05, 0) is 35.4 Å². The lowest BCUT2D eigenvalue weighted by Gasteiger charge is -2.23. The molecule has 0 unspecified atom stereocenters. The minimum Gasteiger partial charge on any atom is -0.497 e. The van der Waals surface area contributed by atoms with E-state index in [-0.39, 0.29) is 0 Å². The first-order chi connectivity index (χ1) is 11.3. The number of hydrogen-bond donors (Lipinski definition) is 0. The van der Waals surface area contributed by atoms with E-state index in [4.69, 9.17) is 9.47 Å². The highest BCUT2D eigenvalue weighted by Crippen LogP contribution is 2.16. The lowest BCUT2D eigenvalue weighted by molar-refractivity contribution is 0.204. The Balaban J connectivity index is 1.49. The van der Waals surface area contributed by atoms with Gasteiger partial charge in [-0.15, -0.1) is 0 Å². The van der Waals surface area contributed by atoms with E-state index >= 15 is 0 Å². The van der Waals surface area contributed by atoms with Crippen molar-refractivity contribution in [2.45, 2.75) is 13.2 Å². The Morgan fingerprint density at radius 2 is 1.74 bits per heavy atom. The van der Waals surface area contributed by atoms with Gasteiger partial charge in [0.15, 0.2) is 0 Å². The lowest BCUT2D eigenvalue weighted by Crippen LogP contribution is -2.19. The van der Waals surface area contributed by atoms with Crippen LogP contribution in [0.1, 0.15) is 11.1 Å². The minimum atomic E-state index is 0.607. The fraction of sp³-hybridized carbons (Fsp3) is 0.200. The molecule has 3 nitrogen and oxygen atoms in total. The monoisotopic (exact) mass is 307 g/mol. The average Bonchev–Trinajstić information content (AvgIpc) is 2.63. The molecule has 1 aliphatic heterocycles. The Hall–Kier alpha value is -2.68. The minimum absolute atomic E-state index is 0.607. The van der Waals surface area contributed by atoms with E-state index in [0.717, 1.165) is 24.6 Å². The summed E-state index contributed by atoms with van der Waals surface area (Å²) in [6, 6.07) is 18.4. The summed E-state index contributed by atoms with van der Waals surface area (Å²) < 4.78 is 11.0. The van der Waals surface area contributed by atoms with Gasteiger partial charge in [0.25, 0.3) is 0 Å². The summed E-state index contributed by atoms with van der Waals surface area (Å²) in [5, 5.41) is 0. The summed E-state index contributed by atoms with van der Waals surface area (Å²) in [5.74, 6) is 1.82. The summed E-state index contributed by atoms with van der Waals surface area (Å²) >= 11 is 0. The number of allylic oxidation sites excluding steroid dienone is 1. The zero-order chi connectivity index (χ0) is 15.9. The molecule has 0 aromatic heterocycles. The largest absolute Gasteiger partial charge is 0.497 e. The highest BCUT2D eigenvalue weighted by molar-refractivity contribution is 5.28. The highest BCUT2D eigenvalue weighted by Gasteiger charge is 2.07. The first kappa shape index (κ1) is 15.2. The van der Waals surface area contributed by atoms with E-state index in [0.29, 0.717) is 6.61 Å². The second-order valence-corrected chi connectivity index (χ2v) is 5.47. The fourth-order valence-electron chi connectivity index (χ4n) is 2.45. The van der Waals surface area contributed by atoms with Crippen LogP contribution < -0.4 is 4.74 Å². The molecule has 0 atom stereocenters. The first-order valence-electron chi connectivity index (χ1n) is 7.75. The van der Waals surface area contributed by atoms with Crippen molar-refractivity contribution in [3.8, 4) is 5.75 Å². The first-order valence-corrected chi connectivity index (χ1v) is 7.75. The third-order valence-corrected chi connectivity index (χ3v) is 3.77. The quantitative estimate of drug-likeness (QED) is 0.801. The van der Waals surface area contributed by atoms with Crippen molar-refractivity contribution in [2.24, 2.45) is 0 Å². The van der Waals surface area contributed by atoms with Crippen LogP contribution in [-0.2, 0) is 17.9 Å². The summed E-state index contributed by atoms with van der Waals surface area (Å²) in [6.07, 6.45) is 6.23. The second kappa shape index (κ2) is 7.54. The smallest absolute Gasteiger partial charge is 0.119 e. The molecule has 3 rings (SSSR count). The standard InChI is InChI=1S/C20H21NO2/c1-22-19-9-7-17(8-10-19)15-21-13-11-20(12-14-21)23-16-18-5-3-2-4-6-18/h2-13H,14-16H2,1H3. The van der Waals surface area contributed by atoms with E-state index < -0.39 is 0 Å². The molecule has 0 radical (unpaired) electrons. The van der Waals surface area contributed by atoms with E-state index in [1.807, 2.05) is 36.4 Å². The molecule has 0 N–H and O–H groups in total. The average molecular weight is 307 g/mol. The zero-order valence-electron chi connectivity index (χ0n) is 13.3. The van der Waals surface area contributed by atoms with Gasteiger partial charge < -0.3 is 14.4 Å². The van der Waals surface area contributed by atoms with Crippen LogP contribution in [0.2, 0.25) is 0 Å². The summed E-state index contributed by atoms with van der Waals surface area (Å²) in [5.41, 5.74) is 2.44. The third-order valence-electron chi connectivity index (χ3n) is 3.77. The normalized spacial score (nSPS) is 13.6. The maximum absolute atomic E-state index is 5.83. The molecule has 0 fully saturated rings. The molecular weight excluding hydrogens is 286 g/mol. The summed E-state index contributed by atoms with van der Waals surface area (Å²) in [4.78, 5) is 2.25.